The van der Waals surface area contributed by atoms with Gasteiger partial charge in [0.2, 0.25) is 15.9 Å². The van der Waals surface area contributed by atoms with Gasteiger partial charge in [-0.25, -0.2) is 8.42 Å². The Morgan fingerprint density at radius 2 is 1.74 bits per heavy atom. The minimum Gasteiger partial charge on any atom is -0.340 e. The highest BCUT2D eigenvalue weighted by atomic mass is 35.5. The first-order valence-corrected chi connectivity index (χ1v) is 10.1. The molecule has 0 radical (unpaired) electrons. The van der Waals surface area contributed by atoms with Crippen LogP contribution in [0.25, 0.3) is 0 Å². The lowest BCUT2D eigenvalue weighted by atomic mass is 10.2. The number of carbonyl (C=O) groups excluding carboxylic acids is 1. The van der Waals surface area contributed by atoms with Crippen molar-refractivity contribution in [3.63, 3.8) is 0 Å². The zero-order valence-corrected chi connectivity index (χ0v) is 17.6. The minimum absolute atomic E-state index is 0. The summed E-state index contributed by atoms with van der Waals surface area (Å²) in [7, 11) is -3.47. The first kappa shape index (κ1) is 24.1. The zero-order valence-electron chi connectivity index (χ0n) is 15.1. The standard InChI is InChI=1S/C16H25N5O3S.2ClH/c22-16(20-8-5-17-6-9-20)3-7-19-10-12-21(13-11-19)25(23,24)15-2-1-4-18-14-15;;/h1-2,4,14,17H,3,5-13H2;2*1H. The molecule has 2 fully saturated rings. The van der Waals surface area contributed by atoms with Gasteiger partial charge in [-0.05, 0) is 12.1 Å². The number of piperazine rings is 2. The lowest BCUT2D eigenvalue weighted by molar-refractivity contribution is -0.132. The minimum atomic E-state index is -3.47. The van der Waals surface area contributed by atoms with Gasteiger partial charge < -0.3 is 15.1 Å². The van der Waals surface area contributed by atoms with E-state index in [1.807, 2.05) is 4.90 Å². The quantitative estimate of drug-likeness (QED) is 0.697. The topological polar surface area (TPSA) is 85.9 Å². The highest BCUT2D eigenvalue weighted by molar-refractivity contribution is 7.89. The van der Waals surface area contributed by atoms with Crippen molar-refractivity contribution in [3.8, 4) is 0 Å². The fourth-order valence-corrected chi connectivity index (χ4v) is 4.56. The molecule has 11 heteroatoms. The average molecular weight is 440 g/mol. The van der Waals surface area contributed by atoms with Crippen molar-refractivity contribution >= 4 is 40.7 Å². The zero-order chi connectivity index (χ0) is 17.7. The molecule has 1 amide bonds. The van der Waals surface area contributed by atoms with Gasteiger partial charge in [0, 0.05) is 77.7 Å². The predicted octanol–water partition coefficient (Wildman–Crippen LogP) is 0.0534. The molecule has 2 aliphatic heterocycles. The van der Waals surface area contributed by atoms with Gasteiger partial charge in [0.05, 0.1) is 0 Å². The molecule has 1 aromatic rings. The number of sulfonamides is 1. The van der Waals surface area contributed by atoms with Gasteiger partial charge in [-0.2, -0.15) is 4.31 Å². The monoisotopic (exact) mass is 439 g/mol. The lowest BCUT2D eigenvalue weighted by Gasteiger charge is -2.34. The highest BCUT2D eigenvalue weighted by Crippen LogP contribution is 2.16. The molecule has 154 valence electrons. The van der Waals surface area contributed by atoms with Crippen LogP contribution >= 0.6 is 24.8 Å². The van der Waals surface area contributed by atoms with E-state index in [4.69, 9.17) is 0 Å². The van der Waals surface area contributed by atoms with Crippen LogP contribution in [0.1, 0.15) is 6.42 Å². The smallest absolute Gasteiger partial charge is 0.244 e. The average Bonchev–Trinajstić information content (AvgIpc) is 2.68. The molecule has 1 N–H and O–H groups in total. The van der Waals surface area contributed by atoms with Crippen molar-refractivity contribution in [1.82, 2.24) is 24.4 Å². The van der Waals surface area contributed by atoms with E-state index >= 15 is 0 Å². The first-order valence-electron chi connectivity index (χ1n) is 8.68. The maximum atomic E-state index is 12.6. The molecule has 8 nitrogen and oxygen atoms in total. The summed E-state index contributed by atoms with van der Waals surface area (Å²) in [6, 6.07) is 3.20. The van der Waals surface area contributed by atoms with Gasteiger partial charge in [0.15, 0.2) is 0 Å². The molecule has 1 aromatic heterocycles. The Labute approximate surface area is 173 Å². The van der Waals surface area contributed by atoms with E-state index in [1.54, 1.807) is 18.3 Å². The Balaban J connectivity index is 0.00000182. The van der Waals surface area contributed by atoms with E-state index in [2.05, 4.69) is 15.2 Å². The van der Waals surface area contributed by atoms with Crippen LogP contribution < -0.4 is 5.32 Å². The summed E-state index contributed by atoms with van der Waals surface area (Å²) >= 11 is 0. The van der Waals surface area contributed by atoms with Crippen LogP contribution in [0.2, 0.25) is 0 Å². The molecular formula is C16H27Cl2N5O3S. The summed E-state index contributed by atoms with van der Waals surface area (Å²) in [6.45, 7) is 6.13. The molecule has 2 aliphatic rings. The van der Waals surface area contributed by atoms with Crippen LogP contribution in [0.5, 0.6) is 0 Å². The van der Waals surface area contributed by atoms with Crippen molar-refractivity contribution in [3.05, 3.63) is 24.5 Å². The van der Waals surface area contributed by atoms with Gasteiger partial charge in [0.1, 0.15) is 4.90 Å². The first-order chi connectivity index (χ1) is 12.1. The normalized spacial score (nSPS) is 19.0. The summed E-state index contributed by atoms with van der Waals surface area (Å²) < 4.78 is 26.6. The van der Waals surface area contributed by atoms with E-state index in [9.17, 15) is 13.2 Å². The van der Waals surface area contributed by atoms with Gasteiger partial charge in [-0.15, -0.1) is 24.8 Å². The Morgan fingerprint density at radius 1 is 1.07 bits per heavy atom. The molecular weight excluding hydrogens is 413 g/mol. The number of carbonyl (C=O) groups is 1. The van der Waals surface area contributed by atoms with Crippen LogP contribution in [0, 0.1) is 0 Å². The number of rotatable bonds is 5. The maximum Gasteiger partial charge on any atom is 0.244 e. The van der Waals surface area contributed by atoms with Gasteiger partial charge in [-0.3, -0.25) is 9.78 Å². The number of nitrogens with zero attached hydrogens (tertiary/aromatic N) is 4. The van der Waals surface area contributed by atoms with Crippen molar-refractivity contribution in [1.29, 1.82) is 0 Å². The van der Waals surface area contributed by atoms with Crippen LogP contribution in [-0.2, 0) is 14.8 Å². The number of amides is 1. The summed E-state index contributed by atoms with van der Waals surface area (Å²) in [4.78, 5) is 20.4. The Kier molecular flexibility index (Phi) is 9.92. The SMILES string of the molecule is Cl.Cl.O=C(CCN1CCN(S(=O)(=O)c2cccnc2)CC1)N1CCNCC1. The molecule has 0 spiro atoms. The van der Waals surface area contributed by atoms with E-state index in [0.717, 1.165) is 26.2 Å². The Hall–Kier alpha value is -0.970. The molecule has 0 aliphatic carbocycles. The van der Waals surface area contributed by atoms with Gasteiger partial charge >= 0.3 is 0 Å². The summed E-state index contributed by atoms with van der Waals surface area (Å²) in [5.41, 5.74) is 0. The fraction of sp³-hybridized carbons (Fsp3) is 0.625. The number of aromatic nitrogens is 1. The second-order valence-corrected chi connectivity index (χ2v) is 8.25. The van der Waals surface area contributed by atoms with Crippen LogP contribution in [-0.4, -0.2) is 92.3 Å². The van der Waals surface area contributed by atoms with E-state index in [1.165, 1.54) is 10.5 Å². The second kappa shape index (κ2) is 11.1. The molecule has 2 saturated heterocycles. The third-order valence-electron chi connectivity index (χ3n) is 4.72. The molecule has 0 bridgehead atoms. The third-order valence-corrected chi connectivity index (χ3v) is 6.60. The lowest BCUT2D eigenvalue weighted by Crippen LogP contribution is -2.50. The molecule has 0 saturated carbocycles. The maximum absolute atomic E-state index is 12.6. The summed E-state index contributed by atoms with van der Waals surface area (Å²) in [5, 5.41) is 3.24. The number of hydrogen-bond donors (Lipinski definition) is 1. The molecule has 27 heavy (non-hydrogen) atoms. The molecule has 0 atom stereocenters. The van der Waals surface area contributed by atoms with E-state index in [0.29, 0.717) is 39.1 Å². The van der Waals surface area contributed by atoms with Crippen LogP contribution in [0.4, 0.5) is 0 Å². The van der Waals surface area contributed by atoms with E-state index in [-0.39, 0.29) is 35.6 Å². The van der Waals surface area contributed by atoms with Crippen molar-refractivity contribution < 1.29 is 13.2 Å². The Morgan fingerprint density at radius 3 is 2.33 bits per heavy atom. The molecule has 0 unspecified atom stereocenters. The number of halogens is 2. The third kappa shape index (κ3) is 6.27. The van der Waals surface area contributed by atoms with Crippen LogP contribution in [0.15, 0.2) is 29.4 Å². The van der Waals surface area contributed by atoms with Crippen molar-refractivity contribution in [2.24, 2.45) is 0 Å². The fourth-order valence-electron chi connectivity index (χ4n) is 3.17. The van der Waals surface area contributed by atoms with Crippen molar-refractivity contribution in [2.45, 2.75) is 11.3 Å². The summed E-state index contributed by atoms with van der Waals surface area (Å²) in [6.07, 6.45) is 3.44. The largest absolute Gasteiger partial charge is 0.340 e. The van der Waals surface area contributed by atoms with Crippen molar-refractivity contribution in [2.75, 3.05) is 58.9 Å². The highest BCUT2D eigenvalue weighted by Gasteiger charge is 2.28. The molecule has 3 heterocycles. The predicted molar refractivity (Wildman–Crippen MR) is 108 cm³/mol. The van der Waals surface area contributed by atoms with Crippen LogP contribution in [0.3, 0.4) is 0 Å². The molecule has 0 aromatic carbocycles. The summed E-state index contributed by atoms with van der Waals surface area (Å²) in [5.74, 6) is 0.187. The number of nitrogens with one attached hydrogen (secondary N) is 1. The second-order valence-electron chi connectivity index (χ2n) is 6.32. The van der Waals surface area contributed by atoms with Gasteiger partial charge in [0.25, 0.3) is 0 Å². The molecule has 3 rings (SSSR count). The number of hydrogen-bond acceptors (Lipinski definition) is 6. The number of pyridine rings is 1. The van der Waals surface area contributed by atoms with E-state index < -0.39 is 10.0 Å². The van der Waals surface area contributed by atoms with Gasteiger partial charge in [-0.1, -0.05) is 0 Å². The Bertz CT molecular complexity index is 679.